The molecule has 0 saturated carbocycles. The summed E-state index contributed by atoms with van der Waals surface area (Å²) >= 11 is 0. The maximum Gasteiger partial charge on any atom is 0.435 e. The molecule has 1 aromatic rings. The third-order valence-electron chi connectivity index (χ3n) is 3.05. The number of rotatable bonds is 8. The maximum atomic E-state index is 12.4. The quantitative estimate of drug-likeness (QED) is 0.695. The number of nitrogens with zero attached hydrogens (tertiary/aromatic N) is 3. The Bertz CT molecular complexity index is 628. The largest absolute Gasteiger partial charge is 0.435 e. The first kappa shape index (κ1) is 19.4. The van der Waals surface area contributed by atoms with Crippen LogP contribution in [0.15, 0.2) is 12.3 Å². The Morgan fingerprint density at radius 2 is 2.09 bits per heavy atom. The van der Waals surface area contributed by atoms with Gasteiger partial charge in [0.1, 0.15) is 6.54 Å². The summed E-state index contributed by atoms with van der Waals surface area (Å²) in [7, 11) is -1.81. The molecule has 0 spiro atoms. The molecule has 0 aliphatic heterocycles. The van der Waals surface area contributed by atoms with Crippen LogP contribution < -0.4 is 5.32 Å². The van der Waals surface area contributed by atoms with Gasteiger partial charge in [-0.2, -0.15) is 18.3 Å². The summed E-state index contributed by atoms with van der Waals surface area (Å²) in [6.07, 6.45) is -3.07. The highest BCUT2D eigenvalue weighted by atomic mass is 32.2. The van der Waals surface area contributed by atoms with Gasteiger partial charge in [-0.15, -0.1) is 0 Å². The second-order valence-corrected chi connectivity index (χ2v) is 7.19. The van der Waals surface area contributed by atoms with E-state index < -0.39 is 27.8 Å². The van der Waals surface area contributed by atoms with Crippen LogP contribution in [-0.4, -0.2) is 54.3 Å². The molecular weight excluding hydrogens is 337 g/mol. The number of hydrogen-bond donors (Lipinski definition) is 1. The van der Waals surface area contributed by atoms with Crippen LogP contribution in [0.5, 0.6) is 0 Å². The van der Waals surface area contributed by atoms with Crippen molar-refractivity contribution in [3.8, 4) is 0 Å². The minimum absolute atomic E-state index is 0.00328. The summed E-state index contributed by atoms with van der Waals surface area (Å²) in [6.45, 7) is 1.67. The molecule has 1 heterocycles. The van der Waals surface area contributed by atoms with Crippen molar-refractivity contribution in [3.05, 3.63) is 18.0 Å². The molecular formula is C12H19F3N4O3S. The SMILES string of the molecule is CCS(=O)(=O)N(C)CCCNC(=O)Cn1ccc(C(F)(F)F)n1. The topological polar surface area (TPSA) is 84.3 Å². The van der Waals surface area contributed by atoms with Crippen LogP contribution in [0.25, 0.3) is 0 Å². The Kier molecular flexibility index (Phi) is 6.57. The van der Waals surface area contributed by atoms with Crippen LogP contribution in [0.2, 0.25) is 0 Å². The first-order valence-electron chi connectivity index (χ1n) is 6.87. The molecule has 0 unspecified atom stereocenters. The second-order valence-electron chi connectivity index (χ2n) is 4.82. The Labute approximate surface area is 132 Å². The lowest BCUT2D eigenvalue weighted by molar-refractivity contribution is -0.141. The van der Waals surface area contributed by atoms with E-state index in [2.05, 4.69) is 10.4 Å². The molecule has 1 amide bonds. The van der Waals surface area contributed by atoms with E-state index in [1.807, 2.05) is 0 Å². The normalized spacial score (nSPS) is 12.6. The zero-order valence-electron chi connectivity index (χ0n) is 12.8. The highest BCUT2D eigenvalue weighted by molar-refractivity contribution is 7.89. The van der Waals surface area contributed by atoms with Crippen LogP contribution in [0.1, 0.15) is 19.0 Å². The lowest BCUT2D eigenvalue weighted by Gasteiger charge is -2.15. The van der Waals surface area contributed by atoms with Crippen molar-refractivity contribution in [2.24, 2.45) is 0 Å². The van der Waals surface area contributed by atoms with E-state index in [-0.39, 0.29) is 25.4 Å². The predicted octanol–water partition coefficient (Wildman–Crippen LogP) is 0.690. The van der Waals surface area contributed by atoms with Gasteiger partial charge in [0, 0.05) is 26.3 Å². The van der Waals surface area contributed by atoms with Crippen molar-refractivity contribution < 1.29 is 26.4 Å². The van der Waals surface area contributed by atoms with Gasteiger partial charge in [0.25, 0.3) is 0 Å². The molecule has 0 radical (unpaired) electrons. The second kappa shape index (κ2) is 7.77. The minimum Gasteiger partial charge on any atom is -0.354 e. The summed E-state index contributed by atoms with van der Waals surface area (Å²) in [5.74, 6) is -0.501. The number of amides is 1. The van der Waals surface area contributed by atoms with Gasteiger partial charge in [0.15, 0.2) is 5.69 Å². The Morgan fingerprint density at radius 3 is 2.61 bits per heavy atom. The molecule has 1 rings (SSSR count). The summed E-state index contributed by atoms with van der Waals surface area (Å²) in [5, 5.41) is 5.77. The van der Waals surface area contributed by atoms with Crippen LogP contribution in [0.4, 0.5) is 13.2 Å². The zero-order valence-corrected chi connectivity index (χ0v) is 13.6. The summed E-state index contributed by atoms with van der Waals surface area (Å²) in [5.41, 5.74) is -1.06. The van der Waals surface area contributed by atoms with E-state index in [9.17, 15) is 26.4 Å². The van der Waals surface area contributed by atoms with Gasteiger partial charge in [0.05, 0.1) is 5.75 Å². The van der Waals surface area contributed by atoms with Crippen LogP contribution >= 0.6 is 0 Å². The number of hydrogen-bond acceptors (Lipinski definition) is 4. The number of aromatic nitrogens is 2. The molecule has 11 heteroatoms. The average Bonchev–Trinajstić information content (AvgIpc) is 2.91. The Balaban J connectivity index is 2.34. The summed E-state index contributed by atoms with van der Waals surface area (Å²) < 4.78 is 62.1. The van der Waals surface area contributed by atoms with E-state index >= 15 is 0 Å². The fraction of sp³-hybridized carbons (Fsp3) is 0.667. The number of alkyl halides is 3. The smallest absolute Gasteiger partial charge is 0.354 e. The molecule has 0 bridgehead atoms. The number of sulfonamides is 1. The highest BCUT2D eigenvalue weighted by Crippen LogP contribution is 2.27. The number of carbonyl (C=O) groups excluding carboxylic acids is 1. The van der Waals surface area contributed by atoms with Gasteiger partial charge < -0.3 is 5.32 Å². The fourth-order valence-electron chi connectivity index (χ4n) is 1.69. The molecule has 0 aromatic carbocycles. The van der Waals surface area contributed by atoms with E-state index in [4.69, 9.17) is 0 Å². The van der Waals surface area contributed by atoms with Crippen molar-refractivity contribution in [2.45, 2.75) is 26.1 Å². The van der Waals surface area contributed by atoms with E-state index in [1.165, 1.54) is 18.3 Å². The molecule has 0 atom stereocenters. The lowest BCUT2D eigenvalue weighted by atomic mass is 10.4. The zero-order chi connectivity index (χ0) is 17.7. The van der Waals surface area contributed by atoms with Crippen molar-refractivity contribution >= 4 is 15.9 Å². The van der Waals surface area contributed by atoms with E-state index in [0.29, 0.717) is 6.42 Å². The number of nitrogens with one attached hydrogen (secondary N) is 1. The molecule has 1 aromatic heterocycles. The summed E-state index contributed by atoms with van der Waals surface area (Å²) in [6, 6.07) is 0.790. The standard InChI is InChI=1S/C12H19F3N4O3S/c1-3-23(21,22)18(2)7-4-6-16-11(20)9-19-8-5-10(17-19)12(13,14)15/h5,8H,3-4,6-7,9H2,1-2H3,(H,16,20). The van der Waals surface area contributed by atoms with E-state index in [1.54, 1.807) is 0 Å². The molecule has 132 valence electrons. The van der Waals surface area contributed by atoms with Crippen LogP contribution in [-0.2, 0) is 27.5 Å². The van der Waals surface area contributed by atoms with Gasteiger partial charge >= 0.3 is 6.18 Å². The monoisotopic (exact) mass is 356 g/mol. The van der Waals surface area contributed by atoms with Crippen molar-refractivity contribution in [3.63, 3.8) is 0 Å². The van der Waals surface area contributed by atoms with Gasteiger partial charge in [-0.25, -0.2) is 12.7 Å². The fourth-order valence-corrected chi connectivity index (χ4v) is 2.54. The van der Waals surface area contributed by atoms with Crippen LogP contribution in [0, 0.1) is 0 Å². The van der Waals surface area contributed by atoms with Crippen molar-refractivity contribution in [1.29, 1.82) is 0 Å². The third kappa shape index (κ3) is 6.18. The summed E-state index contributed by atoms with van der Waals surface area (Å²) in [4.78, 5) is 11.6. The Hall–Kier alpha value is -1.62. The molecule has 0 saturated heterocycles. The Morgan fingerprint density at radius 1 is 1.43 bits per heavy atom. The first-order valence-corrected chi connectivity index (χ1v) is 8.48. The van der Waals surface area contributed by atoms with Gasteiger partial charge in [0.2, 0.25) is 15.9 Å². The van der Waals surface area contributed by atoms with Gasteiger partial charge in [-0.3, -0.25) is 9.48 Å². The lowest BCUT2D eigenvalue weighted by Crippen LogP contribution is -2.33. The number of halogens is 3. The molecule has 1 N–H and O–H groups in total. The van der Waals surface area contributed by atoms with E-state index in [0.717, 1.165) is 16.9 Å². The van der Waals surface area contributed by atoms with Gasteiger partial charge in [-0.1, -0.05) is 0 Å². The highest BCUT2D eigenvalue weighted by Gasteiger charge is 2.33. The molecule has 23 heavy (non-hydrogen) atoms. The van der Waals surface area contributed by atoms with Gasteiger partial charge in [-0.05, 0) is 19.4 Å². The average molecular weight is 356 g/mol. The molecule has 0 fully saturated rings. The van der Waals surface area contributed by atoms with Crippen molar-refractivity contribution in [1.82, 2.24) is 19.4 Å². The molecule has 0 aliphatic carbocycles. The predicted molar refractivity (Wildman–Crippen MR) is 76.9 cm³/mol. The number of carbonyl (C=O) groups is 1. The maximum absolute atomic E-state index is 12.4. The molecule has 7 nitrogen and oxygen atoms in total. The van der Waals surface area contributed by atoms with Crippen molar-refractivity contribution in [2.75, 3.05) is 25.9 Å². The van der Waals surface area contributed by atoms with Crippen LogP contribution in [0.3, 0.4) is 0 Å². The third-order valence-corrected chi connectivity index (χ3v) is 4.91. The molecule has 0 aliphatic rings. The first-order chi connectivity index (χ1) is 10.6. The minimum atomic E-state index is -4.54.